The van der Waals surface area contributed by atoms with Gasteiger partial charge in [0.1, 0.15) is 17.5 Å². The van der Waals surface area contributed by atoms with Crippen LogP contribution < -0.4 is 10.5 Å². The maximum absolute atomic E-state index is 6.07. The molecule has 88 valence electrons. The molecule has 16 heavy (non-hydrogen) atoms. The molecule has 0 spiro atoms. The first-order valence-electron chi connectivity index (χ1n) is 5.65. The molecular weight excluding hydrogens is 226 g/mol. The van der Waals surface area contributed by atoms with Crippen LogP contribution >= 0.6 is 11.6 Å². The summed E-state index contributed by atoms with van der Waals surface area (Å²) in [7, 11) is 0. The van der Waals surface area contributed by atoms with Crippen LogP contribution in [-0.4, -0.2) is 22.1 Å². The minimum Gasteiger partial charge on any atom is -0.472 e. The first kappa shape index (κ1) is 11.6. The predicted molar refractivity (Wildman–Crippen MR) is 62.5 cm³/mol. The van der Waals surface area contributed by atoms with Crippen LogP contribution in [0.4, 0.5) is 0 Å². The molecule has 1 aromatic rings. The summed E-state index contributed by atoms with van der Waals surface area (Å²) in [5, 5.41) is 0.443. The Morgan fingerprint density at radius 3 is 2.94 bits per heavy atom. The van der Waals surface area contributed by atoms with Gasteiger partial charge in [-0.2, -0.15) is 0 Å². The summed E-state index contributed by atoms with van der Waals surface area (Å²) in [6, 6.07) is 0.0773. The molecule has 0 aliphatic heterocycles. The highest BCUT2D eigenvalue weighted by Crippen LogP contribution is 2.25. The molecule has 0 amide bonds. The fourth-order valence-corrected chi connectivity index (χ4v) is 2.13. The van der Waals surface area contributed by atoms with Crippen molar-refractivity contribution in [2.45, 2.75) is 44.2 Å². The molecule has 5 heteroatoms. The van der Waals surface area contributed by atoms with Crippen molar-refractivity contribution in [1.29, 1.82) is 0 Å². The summed E-state index contributed by atoms with van der Waals surface area (Å²) < 4.78 is 5.77. The van der Waals surface area contributed by atoms with Gasteiger partial charge in [-0.25, -0.2) is 9.97 Å². The Balaban J connectivity index is 2.05. The van der Waals surface area contributed by atoms with E-state index in [9.17, 15) is 0 Å². The second-order valence-electron chi connectivity index (χ2n) is 4.13. The molecule has 0 radical (unpaired) electrons. The summed E-state index contributed by atoms with van der Waals surface area (Å²) >= 11 is 5.94. The number of rotatable bonds is 2. The van der Waals surface area contributed by atoms with Crippen molar-refractivity contribution >= 4 is 11.6 Å². The van der Waals surface area contributed by atoms with Gasteiger partial charge in [-0.05, 0) is 19.3 Å². The van der Waals surface area contributed by atoms with Crippen LogP contribution in [0.1, 0.15) is 32.1 Å². The van der Waals surface area contributed by atoms with Crippen molar-refractivity contribution in [3.05, 3.63) is 17.5 Å². The molecule has 0 bridgehead atoms. The SMILES string of the molecule is NC1CCCCCC1Oc1ncncc1Cl. The van der Waals surface area contributed by atoms with Crippen LogP contribution in [0.2, 0.25) is 5.02 Å². The van der Waals surface area contributed by atoms with Gasteiger partial charge in [0.2, 0.25) is 5.88 Å². The standard InChI is InChI=1S/C11H16ClN3O/c12-8-6-14-7-15-11(8)16-10-5-3-1-2-4-9(10)13/h6-7,9-10H,1-5,13H2. The highest BCUT2D eigenvalue weighted by atomic mass is 35.5. The van der Waals surface area contributed by atoms with E-state index in [2.05, 4.69) is 9.97 Å². The van der Waals surface area contributed by atoms with E-state index in [0.717, 1.165) is 19.3 Å². The van der Waals surface area contributed by atoms with E-state index in [-0.39, 0.29) is 12.1 Å². The number of aromatic nitrogens is 2. The Hall–Kier alpha value is -0.870. The zero-order valence-corrected chi connectivity index (χ0v) is 9.86. The molecule has 2 rings (SSSR count). The number of nitrogens with zero attached hydrogens (tertiary/aromatic N) is 2. The maximum atomic E-state index is 6.07. The minimum absolute atomic E-state index is 0.0231. The molecule has 1 heterocycles. The van der Waals surface area contributed by atoms with Gasteiger partial charge in [-0.3, -0.25) is 0 Å². The number of hydrogen-bond acceptors (Lipinski definition) is 4. The molecule has 1 saturated carbocycles. The molecule has 1 aliphatic carbocycles. The largest absolute Gasteiger partial charge is 0.472 e. The summed E-state index contributed by atoms with van der Waals surface area (Å²) in [6.07, 6.45) is 8.53. The first-order valence-corrected chi connectivity index (χ1v) is 6.03. The normalized spacial score (nSPS) is 26.1. The fraction of sp³-hybridized carbons (Fsp3) is 0.636. The van der Waals surface area contributed by atoms with Crippen LogP contribution in [0, 0.1) is 0 Å². The number of ether oxygens (including phenoxy) is 1. The summed E-state index contributed by atoms with van der Waals surface area (Å²) in [5.41, 5.74) is 6.07. The molecule has 0 aromatic carbocycles. The van der Waals surface area contributed by atoms with Crippen molar-refractivity contribution in [2.75, 3.05) is 0 Å². The van der Waals surface area contributed by atoms with E-state index in [4.69, 9.17) is 22.1 Å². The molecule has 2 unspecified atom stereocenters. The third kappa shape index (κ3) is 2.83. The maximum Gasteiger partial charge on any atom is 0.236 e. The van der Waals surface area contributed by atoms with Crippen molar-refractivity contribution in [2.24, 2.45) is 5.73 Å². The monoisotopic (exact) mass is 241 g/mol. The van der Waals surface area contributed by atoms with Crippen molar-refractivity contribution in [3.8, 4) is 5.88 Å². The Morgan fingerprint density at radius 2 is 2.12 bits per heavy atom. The topological polar surface area (TPSA) is 61.0 Å². The van der Waals surface area contributed by atoms with Gasteiger partial charge in [-0.15, -0.1) is 0 Å². The van der Waals surface area contributed by atoms with Gasteiger partial charge >= 0.3 is 0 Å². The second-order valence-corrected chi connectivity index (χ2v) is 4.54. The molecule has 4 nitrogen and oxygen atoms in total. The summed E-state index contributed by atoms with van der Waals surface area (Å²) in [4.78, 5) is 7.84. The van der Waals surface area contributed by atoms with Crippen LogP contribution in [-0.2, 0) is 0 Å². The van der Waals surface area contributed by atoms with Crippen molar-refractivity contribution in [3.63, 3.8) is 0 Å². The molecule has 1 fully saturated rings. The lowest BCUT2D eigenvalue weighted by Gasteiger charge is -2.22. The fourth-order valence-electron chi connectivity index (χ4n) is 1.98. The quantitative estimate of drug-likeness (QED) is 0.807. The Kier molecular flexibility index (Phi) is 3.96. The third-order valence-corrected chi connectivity index (χ3v) is 3.16. The molecular formula is C11H16ClN3O. The van der Waals surface area contributed by atoms with Gasteiger partial charge in [0.05, 0.1) is 6.20 Å². The lowest BCUT2D eigenvalue weighted by atomic mass is 10.1. The van der Waals surface area contributed by atoms with Crippen molar-refractivity contribution < 1.29 is 4.74 Å². The van der Waals surface area contributed by atoms with E-state index in [1.165, 1.54) is 25.4 Å². The predicted octanol–water partition coefficient (Wildman–Crippen LogP) is 2.17. The number of halogens is 1. The van der Waals surface area contributed by atoms with E-state index in [0.29, 0.717) is 10.9 Å². The third-order valence-electron chi connectivity index (χ3n) is 2.90. The highest BCUT2D eigenvalue weighted by Gasteiger charge is 2.23. The molecule has 2 N–H and O–H groups in total. The molecule has 2 atom stereocenters. The van der Waals surface area contributed by atoms with Gasteiger partial charge in [0, 0.05) is 6.04 Å². The van der Waals surface area contributed by atoms with Gasteiger partial charge in [-0.1, -0.05) is 24.4 Å². The Labute approximate surface area is 100 Å². The van der Waals surface area contributed by atoms with Crippen molar-refractivity contribution in [1.82, 2.24) is 9.97 Å². The zero-order chi connectivity index (χ0) is 11.4. The molecule has 1 aliphatic rings. The average Bonchev–Trinajstić information content (AvgIpc) is 2.48. The van der Waals surface area contributed by atoms with Gasteiger partial charge in [0.25, 0.3) is 0 Å². The average molecular weight is 242 g/mol. The van der Waals surface area contributed by atoms with E-state index >= 15 is 0 Å². The molecule has 0 saturated heterocycles. The smallest absolute Gasteiger partial charge is 0.236 e. The molecule has 1 aromatic heterocycles. The second kappa shape index (κ2) is 5.46. The van der Waals surface area contributed by atoms with E-state index in [1.807, 2.05) is 0 Å². The highest BCUT2D eigenvalue weighted by molar-refractivity contribution is 6.31. The van der Waals surface area contributed by atoms with Crippen LogP contribution in [0.15, 0.2) is 12.5 Å². The zero-order valence-electron chi connectivity index (χ0n) is 9.10. The van der Waals surface area contributed by atoms with E-state index < -0.39 is 0 Å². The van der Waals surface area contributed by atoms with Crippen LogP contribution in [0.5, 0.6) is 5.88 Å². The van der Waals surface area contributed by atoms with E-state index in [1.54, 1.807) is 0 Å². The summed E-state index contributed by atoms with van der Waals surface area (Å²) in [5.74, 6) is 0.444. The number of nitrogens with two attached hydrogens (primary N) is 1. The Bertz CT molecular complexity index is 348. The lowest BCUT2D eigenvalue weighted by molar-refractivity contribution is 0.156. The van der Waals surface area contributed by atoms with Crippen LogP contribution in [0.3, 0.4) is 0 Å². The summed E-state index contributed by atoms with van der Waals surface area (Å²) in [6.45, 7) is 0. The van der Waals surface area contributed by atoms with Gasteiger partial charge in [0.15, 0.2) is 0 Å². The first-order chi connectivity index (χ1) is 7.77. The number of hydrogen-bond donors (Lipinski definition) is 1. The Morgan fingerprint density at radius 1 is 1.31 bits per heavy atom. The minimum atomic E-state index is 0.0231. The van der Waals surface area contributed by atoms with Gasteiger partial charge < -0.3 is 10.5 Å². The van der Waals surface area contributed by atoms with Crippen LogP contribution in [0.25, 0.3) is 0 Å². The lowest BCUT2D eigenvalue weighted by Crippen LogP contribution is -2.38.